The van der Waals surface area contributed by atoms with Crippen LogP contribution >= 0.6 is 0 Å². The molecule has 1 amide bonds. The molecule has 0 N–H and O–H groups in total. The Morgan fingerprint density at radius 3 is 2.80 bits per heavy atom. The fourth-order valence-electron chi connectivity index (χ4n) is 2.27. The van der Waals surface area contributed by atoms with Crippen molar-refractivity contribution in [3.63, 3.8) is 0 Å². The Kier molecular flexibility index (Phi) is 6.66. The number of nitriles is 1. The van der Waals surface area contributed by atoms with E-state index >= 15 is 0 Å². The monoisotopic (exact) mass is 340 g/mol. The zero-order valence-electron chi connectivity index (χ0n) is 14.3. The van der Waals surface area contributed by atoms with Gasteiger partial charge in [0, 0.05) is 24.3 Å². The van der Waals surface area contributed by atoms with E-state index in [0.29, 0.717) is 30.3 Å². The number of hydrogen-bond donors (Lipinski definition) is 0. The lowest BCUT2D eigenvalue weighted by molar-refractivity contribution is -0.126. The summed E-state index contributed by atoms with van der Waals surface area (Å²) in [7, 11) is 3.14. The number of carbonyl (C=O) groups excluding carboxylic acids is 1. The van der Waals surface area contributed by atoms with E-state index in [1.807, 2.05) is 6.07 Å². The quantitative estimate of drug-likeness (QED) is 0.690. The molecule has 0 unspecified atom stereocenters. The molecule has 0 saturated heterocycles. The van der Waals surface area contributed by atoms with Crippen molar-refractivity contribution in [3.05, 3.63) is 54.0 Å². The summed E-state index contributed by atoms with van der Waals surface area (Å²) < 4.78 is 15.8. The number of methoxy groups -OCH3 is 2. The lowest BCUT2D eigenvalue weighted by atomic mass is 10.1. The zero-order chi connectivity index (χ0) is 18.1. The van der Waals surface area contributed by atoms with Crippen molar-refractivity contribution in [2.24, 2.45) is 0 Å². The minimum atomic E-state index is -0.204. The summed E-state index contributed by atoms with van der Waals surface area (Å²) in [5.74, 6) is 1.75. The van der Waals surface area contributed by atoms with Gasteiger partial charge in [0.15, 0.2) is 0 Å². The zero-order valence-corrected chi connectivity index (χ0v) is 14.3. The number of ether oxygens (including phenoxy) is 2. The van der Waals surface area contributed by atoms with Gasteiger partial charge in [-0.1, -0.05) is 0 Å². The SMILES string of the molecule is COc1ccc(C=CC(=O)N(CCC#N)Cc2ccco2)c(OC)c1. The molecule has 0 aliphatic rings. The van der Waals surface area contributed by atoms with Crippen molar-refractivity contribution < 1.29 is 18.7 Å². The van der Waals surface area contributed by atoms with E-state index in [9.17, 15) is 4.79 Å². The van der Waals surface area contributed by atoms with Crippen LogP contribution in [0.2, 0.25) is 0 Å². The Labute approximate surface area is 146 Å². The molecule has 0 radical (unpaired) electrons. The number of amides is 1. The first-order valence-corrected chi connectivity index (χ1v) is 7.76. The standard InChI is InChI=1S/C19H20N2O4/c1-23-16-8-6-15(18(13-16)24-2)7-9-19(22)21(11-4-10-20)14-17-5-3-12-25-17/h3,5-9,12-13H,4,11,14H2,1-2H3. The van der Waals surface area contributed by atoms with Gasteiger partial charge in [0.2, 0.25) is 5.91 Å². The minimum Gasteiger partial charge on any atom is -0.497 e. The molecule has 0 saturated carbocycles. The maximum absolute atomic E-state index is 12.5. The Bertz CT molecular complexity index is 760. The summed E-state index contributed by atoms with van der Waals surface area (Å²) in [4.78, 5) is 14.1. The van der Waals surface area contributed by atoms with Gasteiger partial charge in [-0.15, -0.1) is 0 Å². The van der Waals surface area contributed by atoms with E-state index in [0.717, 1.165) is 5.56 Å². The highest BCUT2D eigenvalue weighted by Gasteiger charge is 2.13. The maximum atomic E-state index is 12.5. The van der Waals surface area contributed by atoms with Crippen LogP contribution in [0, 0.1) is 11.3 Å². The van der Waals surface area contributed by atoms with Crippen LogP contribution in [0.4, 0.5) is 0 Å². The van der Waals surface area contributed by atoms with E-state index < -0.39 is 0 Å². The summed E-state index contributed by atoms with van der Waals surface area (Å²) >= 11 is 0. The van der Waals surface area contributed by atoms with Gasteiger partial charge in [-0.2, -0.15) is 5.26 Å². The van der Waals surface area contributed by atoms with Gasteiger partial charge in [-0.25, -0.2) is 0 Å². The molecule has 1 aromatic heterocycles. The van der Waals surface area contributed by atoms with E-state index in [1.54, 1.807) is 55.7 Å². The number of rotatable bonds is 8. The summed E-state index contributed by atoms with van der Waals surface area (Å²) in [5, 5.41) is 8.79. The molecule has 6 nitrogen and oxygen atoms in total. The van der Waals surface area contributed by atoms with Crippen LogP contribution < -0.4 is 9.47 Å². The third-order valence-corrected chi connectivity index (χ3v) is 3.58. The molecule has 0 bridgehead atoms. The van der Waals surface area contributed by atoms with E-state index in [1.165, 1.54) is 6.08 Å². The number of nitrogens with zero attached hydrogens (tertiary/aromatic N) is 2. The van der Waals surface area contributed by atoms with Crippen LogP contribution in [0.5, 0.6) is 11.5 Å². The molecule has 2 aromatic rings. The van der Waals surface area contributed by atoms with Crippen LogP contribution in [0.15, 0.2) is 47.1 Å². The van der Waals surface area contributed by atoms with E-state index in [4.69, 9.17) is 19.2 Å². The molecular formula is C19H20N2O4. The van der Waals surface area contributed by atoms with Crippen LogP contribution in [-0.4, -0.2) is 31.6 Å². The predicted molar refractivity (Wildman–Crippen MR) is 92.9 cm³/mol. The molecule has 0 atom stereocenters. The first kappa shape index (κ1) is 18.1. The van der Waals surface area contributed by atoms with Crippen molar-refractivity contribution >= 4 is 12.0 Å². The lowest BCUT2D eigenvalue weighted by Crippen LogP contribution is -2.29. The summed E-state index contributed by atoms with van der Waals surface area (Å²) in [5.41, 5.74) is 0.759. The Morgan fingerprint density at radius 1 is 1.32 bits per heavy atom. The maximum Gasteiger partial charge on any atom is 0.247 e. The Morgan fingerprint density at radius 2 is 2.16 bits per heavy atom. The predicted octanol–water partition coefficient (Wildman–Crippen LogP) is 3.25. The molecule has 0 aliphatic carbocycles. The fourth-order valence-corrected chi connectivity index (χ4v) is 2.27. The smallest absolute Gasteiger partial charge is 0.247 e. The third-order valence-electron chi connectivity index (χ3n) is 3.58. The molecule has 2 rings (SSSR count). The summed E-state index contributed by atoms with van der Waals surface area (Å²) in [6, 6.07) is 11.0. The Hall–Kier alpha value is -3.20. The average molecular weight is 340 g/mol. The first-order chi connectivity index (χ1) is 12.2. The number of carbonyl (C=O) groups is 1. The normalized spacial score (nSPS) is 10.4. The second kappa shape index (κ2) is 9.18. The van der Waals surface area contributed by atoms with E-state index in [2.05, 4.69) is 6.07 Å². The van der Waals surface area contributed by atoms with Gasteiger partial charge in [-0.3, -0.25) is 4.79 Å². The highest BCUT2D eigenvalue weighted by Crippen LogP contribution is 2.25. The van der Waals surface area contributed by atoms with Gasteiger partial charge in [0.05, 0.1) is 39.5 Å². The topological polar surface area (TPSA) is 75.7 Å². The molecule has 0 aliphatic heterocycles. The number of furan rings is 1. The number of hydrogen-bond acceptors (Lipinski definition) is 5. The Balaban J connectivity index is 2.13. The van der Waals surface area contributed by atoms with Crippen LogP contribution in [-0.2, 0) is 11.3 Å². The van der Waals surface area contributed by atoms with Crippen molar-refractivity contribution in [1.29, 1.82) is 5.26 Å². The van der Waals surface area contributed by atoms with Crippen LogP contribution in [0.25, 0.3) is 6.08 Å². The second-order valence-corrected chi connectivity index (χ2v) is 5.19. The molecule has 1 aromatic carbocycles. The van der Waals surface area contributed by atoms with Crippen LogP contribution in [0.1, 0.15) is 17.7 Å². The molecule has 6 heteroatoms. The van der Waals surface area contributed by atoms with Crippen molar-refractivity contribution in [1.82, 2.24) is 4.90 Å². The average Bonchev–Trinajstić information content (AvgIpc) is 3.16. The molecule has 0 fully saturated rings. The van der Waals surface area contributed by atoms with E-state index in [-0.39, 0.29) is 12.3 Å². The molecule has 130 valence electrons. The number of benzene rings is 1. The lowest BCUT2D eigenvalue weighted by Gasteiger charge is -2.18. The third kappa shape index (κ3) is 5.15. The minimum absolute atomic E-state index is 0.204. The molecule has 25 heavy (non-hydrogen) atoms. The fraction of sp³-hybridized carbons (Fsp3) is 0.263. The van der Waals surface area contributed by atoms with Crippen molar-refractivity contribution in [2.45, 2.75) is 13.0 Å². The summed E-state index contributed by atoms with van der Waals surface area (Å²) in [6.07, 6.45) is 4.96. The highest BCUT2D eigenvalue weighted by molar-refractivity contribution is 5.92. The van der Waals surface area contributed by atoms with Crippen LogP contribution in [0.3, 0.4) is 0 Å². The van der Waals surface area contributed by atoms with Gasteiger partial charge < -0.3 is 18.8 Å². The van der Waals surface area contributed by atoms with Gasteiger partial charge >= 0.3 is 0 Å². The van der Waals surface area contributed by atoms with Gasteiger partial charge in [-0.05, 0) is 30.3 Å². The van der Waals surface area contributed by atoms with Crippen molar-refractivity contribution in [2.75, 3.05) is 20.8 Å². The molecular weight excluding hydrogens is 320 g/mol. The molecule has 0 spiro atoms. The first-order valence-electron chi connectivity index (χ1n) is 7.76. The van der Waals surface area contributed by atoms with Gasteiger partial charge in [0.1, 0.15) is 17.3 Å². The largest absolute Gasteiger partial charge is 0.497 e. The molecule has 1 heterocycles. The van der Waals surface area contributed by atoms with Gasteiger partial charge in [0.25, 0.3) is 0 Å². The van der Waals surface area contributed by atoms with Crippen molar-refractivity contribution in [3.8, 4) is 17.6 Å². The highest BCUT2D eigenvalue weighted by atomic mass is 16.5. The summed E-state index contributed by atoms with van der Waals surface area (Å²) in [6.45, 7) is 0.651. The second-order valence-electron chi connectivity index (χ2n) is 5.19.